The molecule has 0 saturated carbocycles. The lowest BCUT2D eigenvalue weighted by molar-refractivity contribution is -0.169. The monoisotopic (exact) mass is 364 g/mol. The third kappa shape index (κ3) is 3.53. The first-order valence-corrected chi connectivity index (χ1v) is 8.58. The standard InChI is InChI=1S/C17H18ClFN4O2/c18-13-9-12(1-2-14(13)19)22-15-10-16(21-11-20-15)23-5-3-17(4-6-23)24-7-8-25-17/h1-2,9-11H,3-8H2,(H,20,21,22). The lowest BCUT2D eigenvalue weighted by Crippen LogP contribution is -2.45. The number of nitrogens with zero attached hydrogens (tertiary/aromatic N) is 3. The number of nitrogens with one attached hydrogen (secondary N) is 1. The second-order valence-corrected chi connectivity index (χ2v) is 6.52. The molecule has 2 aromatic rings. The minimum Gasteiger partial charge on any atom is -0.356 e. The Balaban J connectivity index is 1.45. The number of ether oxygens (including phenoxy) is 2. The van der Waals surface area contributed by atoms with Gasteiger partial charge in [0.1, 0.15) is 23.8 Å². The molecule has 2 fully saturated rings. The lowest BCUT2D eigenvalue weighted by atomic mass is 10.0. The Bertz CT molecular complexity index is 760. The van der Waals surface area contributed by atoms with E-state index in [1.165, 1.54) is 18.5 Å². The topological polar surface area (TPSA) is 59.5 Å². The van der Waals surface area contributed by atoms with Gasteiger partial charge in [0.25, 0.3) is 0 Å². The van der Waals surface area contributed by atoms with Crippen LogP contribution in [0.2, 0.25) is 5.02 Å². The van der Waals surface area contributed by atoms with Crippen molar-refractivity contribution < 1.29 is 13.9 Å². The number of hydrogen-bond acceptors (Lipinski definition) is 6. The highest BCUT2D eigenvalue weighted by molar-refractivity contribution is 6.31. The van der Waals surface area contributed by atoms with Crippen molar-refractivity contribution in [2.24, 2.45) is 0 Å². The van der Waals surface area contributed by atoms with Gasteiger partial charge in [-0.1, -0.05) is 11.6 Å². The molecule has 25 heavy (non-hydrogen) atoms. The average molecular weight is 365 g/mol. The summed E-state index contributed by atoms with van der Waals surface area (Å²) in [4.78, 5) is 10.8. The van der Waals surface area contributed by atoms with E-state index >= 15 is 0 Å². The molecule has 1 aromatic carbocycles. The van der Waals surface area contributed by atoms with E-state index in [0.717, 1.165) is 31.7 Å². The fourth-order valence-electron chi connectivity index (χ4n) is 3.17. The van der Waals surface area contributed by atoms with Gasteiger partial charge in [-0.3, -0.25) is 0 Å². The maximum atomic E-state index is 13.3. The van der Waals surface area contributed by atoms with Gasteiger partial charge in [0.2, 0.25) is 0 Å². The van der Waals surface area contributed by atoms with Crippen molar-refractivity contribution in [3.8, 4) is 0 Å². The Kier molecular flexibility index (Phi) is 4.45. The molecule has 2 aliphatic heterocycles. The minimum absolute atomic E-state index is 0.0668. The normalized spacial score (nSPS) is 19.4. The Morgan fingerprint density at radius 3 is 2.60 bits per heavy atom. The third-order valence-corrected chi connectivity index (χ3v) is 4.80. The van der Waals surface area contributed by atoms with Crippen molar-refractivity contribution in [3.05, 3.63) is 41.4 Å². The summed E-state index contributed by atoms with van der Waals surface area (Å²) in [5.41, 5.74) is 0.668. The Hall–Kier alpha value is -1.96. The van der Waals surface area contributed by atoms with Crippen molar-refractivity contribution in [1.82, 2.24) is 9.97 Å². The fourth-order valence-corrected chi connectivity index (χ4v) is 3.35. The van der Waals surface area contributed by atoms with Gasteiger partial charge < -0.3 is 19.7 Å². The Morgan fingerprint density at radius 1 is 1.12 bits per heavy atom. The zero-order valence-corrected chi connectivity index (χ0v) is 14.3. The average Bonchev–Trinajstić information content (AvgIpc) is 3.07. The van der Waals surface area contributed by atoms with Gasteiger partial charge in [-0.15, -0.1) is 0 Å². The van der Waals surface area contributed by atoms with Gasteiger partial charge >= 0.3 is 0 Å². The van der Waals surface area contributed by atoms with Crippen LogP contribution in [0.1, 0.15) is 12.8 Å². The van der Waals surface area contributed by atoms with E-state index < -0.39 is 11.6 Å². The van der Waals surface area contributed by atoms with Crippen LogP contribution in [0.25, 0.3) is 0 Å². The zero-order valence-electron chi connectivity index (χ0n) is 13.5. The molecule has 6 nitrogen and oxygen atoms in total. The molecular weight excluding hydrogens is 347 g/mol. The molecule has 8 heteroatoms. The van der Waals surface area contributed by atoms with Crippen molar-refractivity contribution >= 4 is 28.9 Å². The van der Waals surface area contributed by atoms with E-state index in [9.17, 15) is 4.39 Å². The number of benzene rings is 1. The summed E-state index contributed by atoms with van der Waals surface area (Å²) in [7, 11) is 0. The molecule has 1 spiro atoms. The lowest BCUT2D eigenvalue weighted by Gasteiger charge is -2.38. The van der Waals surface area contributed by atoms with E-state index in [1.807, 2.05) is 6.07 Å². The van der Waals surface area contributed by atoms with Gasteiger partial charge in [-0.2, -0.15) is 0 Å². The summed E-state index contributed by atoms with van der Waals surface area (Å²) < 4.78 is 24.8. The van der Waals surface area contributed by atoms with Crippen LogP contribution in [-0.2, 0) is 9.47 Å². The molecule has 0 radical (unpaired) electrons. The number of piperidine rings is 1. The predicted molar refractivity (Wildman–Crippen MR) is 92.8 cm³/mol. The minimum atomic E-state index is -0.450. The van der Waals surface area contributed by atoms with Gasteiger partial charge in [-0.25, -0.2) is 14.4 Å². The van der Waals surface area contributed by atoms with E-state index in [1.54, 1.807) is 6.07 Å². The van der Waals surface area contributed by atoms with Crippen LogP contribution < -0.4 is 10.2 Å². The Labute approximate surface area is 149 Å². The van der Waals surface area contributed by atoms with Gasteiger partial charge in [0.05, 0.1) is 18.2 Å². The van der Waals surface area contributed by atoms with Crippen LogP contribution in [-0.4, -0.2) is 42.1 Å². The predicted octanol–water partition coefficient (Wildman–Crippen LogP) is 3.36. The molecule has 0 atom stereocenters. The molecule has 1 N–H and O–H groups in total. The second kappa shape index (κ2) is 6.74. The van der Waals surface area contributed by atoms with Gasteiger partial charge in [0, 0.05) is 37.7 Å². The smallest absolute Gasteiger partial charge is 0.171 e. The molecular formula is C17H18ClFN4O2. The highest BCUT2D eigenvalue weighted by atomic mass is 35.5. The first-order chi connectivity index (χ1) is 12.1. The van der Waals surface area contributed by atoms with Crippen molar-refractivity contribution in [2.75, 3.05) is 36.5 Å². The summed E-state index contributed by atoms with van der Waals surface area (Å²) >= 11 is 5.81. The van der Waals surface area contributed by atoms with Crippen LogP contribution in [0.4, 0.5) is 21.7 Å². The number of halogens is 2. The van der Waals surface area contributed by atoms with Gasteiger partial charge in [-0.05, 0) is 18.2 Å². The fraction of sp³-hybridized carbons (Fsp3) is 0.412. The SMILES string of the molecule is Fc1ccc(Nc2cc(N3CCC4(CC3)OCCO4)ncn2)cc1Cl. The van der Waals surface area contributed by atoms with E-state index in [0.29, 0.717) is 24.7 Å². The summed E-state index contributed by atoms with van der Waals surface area (Å²) in [6, 6.07) is 6.32. The summed E-state index contributed by atoms with van der Waals surface area (Å²) in [6.45, 7) is 2.95. The largest absolute Gasteiger partial charge is 0.356 e. The molecule has 0 amide bonds. The molecule has 132 valence electrons. The first-order valence-electron chi connectivity index (χ1n) is 8.21. The second-order valence-electron chi connectivity index (χ2n) is 6.11. The number of hydrogen-bond donors (Lipinski definition) is 1. The maximum Gasteiger partial charge on any atom is 0.171 e. The Morgan fingerprint density at radius 2 is 1.88 bits per heavy atom. The van der Waals surface area contributed by atoms with Crippen LogP contribution in [0.3, 0.4) is 0 Å². The summed E-state index contributed by atoms with van der Waals surface area (Å²) in [6.07, 6.45) is 3.14. The van der Waals surface area contributed by atoms with Crippen LogP contribution in [0.15, 0.2) is 30.6 Å². The highest BCUT2D eigenvalue weighted by Gasteiger charge is 2.40. The molecule has 1 aromatic heterocycles. The quantitative estimate of drug-likeness (QED) is 0.901. The third-order valence-electron chi connectivity index (χ3n) is 4.51. The summed E-state index contributed by atoms with van der Waals surface area (Å²) in [5, 5.41) is 3.19. The molecule has 0 unspecified atom stereocenters. The van der Waals surface area contributed by atoms with Crippen LogP contribution in [0, 0.1) is 5.82 Å². The van der Waals surface area contributed by atoms with Crippen LogP contribution >= 0.6 is 11.6 Å². The van der Waals surface area contributed by atoms with Crippen molar-refractivity contribution in [1.29, 1.82) is 0 Å². The van der Waals surface area contributed by atoms with E-state index in [2.05, 4.69) is 20.2 Å². The summed E-state index contributed by atoms with van der Waals surface area (Å²) in [5.74, 6) is 0.601. The van der Waals surface area contributed by atoms with Crippen LogP contribution in [0.5, 0.6) is 0 Å². The zero-order chi connectivity index (χ0) is 17.3. The number of rotatable bonds is 3. The molecule has 0 bridgehead atoms. The molecule has 2 saturated heterocycles. The molecule has 4 rings (SSSR count). The van der Waals surface area contributed by atoms with Crippen molar-refractivity contribution in [2.45, 2.75) is 18.6 Å². The first kappa shape index (κ1) is 16.5. The van der Waals surface area contributed by atoms with Crippen molar-refractivity contribution in [3.63, 3.8) is 0 Å². The van der Waals surface area contributed by atoms with E-state index in [-0.39, 0.29) is 5.02 Å². The highest BCUT2D eigenvalue weighted by Crippen LogP contribution is 2.33. The molecule has 0 aliphatic carbocycles. The van der Waals surface area contributed by atoms with E-state index in [4.69, 9.17) is 21.1 Å². The maximum absolute atomic E-state index is 13.3. The van der Waals surface area contributed by atoms with Gasteiger partial charge in [0.15, 0.2) is 5.79 Å². The molecule has 3 heterocycles. The molecule has 2 aliphatic rings. The number of anilines is 3. The number of aromatic nitrogens is 2.